The normalized spacial score (nSPS) is 10.4. The highest BCUT2D eigenvalue weighted by atomic mass is 16.5. The molecule has 8 nitrogen and oxygen atoms in total. The van der Waals surface area contributed by atoms with E-state index in [0.717, 1.165) is 11.1 Å². The summed E-state index contributed by atoms with van der Waals surface area (Å²) in [6, 6.07) is 27.5. The number of ether oxygens (including phenoxy) is 2. The van der Waals surface area contributed by atoms with Crippen molar-refractivity contribution in [3.63, 3.8) is 0 Å². The zero-order chi connectivity index (χ0) is 25.3. The molecule has 0 unspecified atom stereocenters. The van der Waals surface area contributed by atoms with Gasteiger partial charge in [0.05, 0.1) is 20.4 Å². The number of urea groups is 1. The molecule has 0 bridgehead atoms. The summed E-state index contributed by atoms with van der Waals surface area (Å²) in [6.45, 7) is 0.712. The number of hydrogen-bond acceptors (Lipinski definition) is 5. The number of hydrogen-bond donors (Lipinski definition) is 0. The molecule has 0 saturated heterocycles. The van der Waals surface area contributed by atoms with Gasteiger partial charge in [-0.3, -0.25) is 4.90 Å². The van der Waals surface area contributed by atoms with Gasteiger partial charge in [0, 0.05) is 19.2 Å². The number of benzene rings is 3. The van der Waals surface area contributed by atoms with Crippen LogP contribution in [0.5, 0.6) is 11.5 Å². The monoisotopic (exact) mass is 483 g/mol. The fourth-order valence-corrected chi connectivity index (χ4v) is 3.91. The first-order valence-electron chi connectivity index (χ1n) is 11.4. The van der Waals surface area contributed by atoms with Gasteiger partial charge in [0.1, 0.15) is 5.69 Å². The molecule has 0 aliphatic rings. The maximum atomic E-state index is 14.3. The minimum atomic E-state index is -0.345. The third-order valence-corrected chi connectivity index (χ3v) is 5.65. The van der Waals surface area contributed by atoms with Crippen LogP contribution in [0.2, 0.25) is 0 Å². The van der Waals surface area contributed by atoms with Gasteiger partial charge in [-0.15, -0.1) is 9.81 Å². The molecule has 0 atom stereocenters. The first-order chi connectivity index (χ1) is 17.6. The van der Waals surface area contributed by atoms with Gasteiger partial charge in [-0.05, 0) is 40.6 Å². The van der Waals surface area contributed by atoms with E-state index in [1.54, 1.807) is 48.5 Å². The molecule has 4 aromatic rings. The molecule has 3 aromatic carbocycles. The topological polar surface area (TPSA) is 85.6 Å². The number of methoxy groups -OCH3 is 2. The summed E-state index contributed by atoms with van der Waals surface area (Å²) in [7, 11) is 3.07. The Balaban J connectivity index is 1.83. The van der Waals surface area contributed by atoms with Crippen LogP contribution in [-0.2, 0) is 13.1 Å². The standard InChI is InChI=1S/C28H26N4O4/c1-35-25-16-15-23(18-26(25)36-2)32(27-24(30-34)14-9-17-29-27)28(33)31(19-21-10-5-3-6-11-21)20-22-12-7-4-8-13-22/h3-18H,19-20H2,1-2H3/p+1. The molecular formula is C28H27N4O4+. The number of carbonyl (C=O) groups is 1. The van der Waals surface area contributed by atoms with Crippen LogP contribution in [0.3, 0.4) is 0 Å². The van der Waals surface area contributed by atoms with Crippen LogP contribution < -0.4 is 19.4 Å². The summed E-state index contributed by atoms with van der Waals surface area (Å²) < 4.78 is 10.9. The van der Waals surface area contributed by atoms with E-state index in [0.29, 0.717) is 30.3 Å². The molecule has 1 aromatic heterocycles. The van der Waals surface area contributed by atoms with E-state index < -0.39 is 0 Å². The van der Waals surface area contributed by atoms with Crippen LogP contribution in [0.15, 0.2) is 102 Å². The minimum Gasteiger partial charge on any atom is -0.493 e. The van der Waals surface area contributed by atoms with Crippen LogP contribution >= 0.6 is 0 Å². The average Bonchev–Trinajstić information content (AvgIpc) is 2.94. The Kier molecular flexibility index (Phi) is 7.87. The third-order valence-electron chi connectivity index (χ3n) is 5.65. The van der Waals surface area contributed by atoms with Crippen molar-refractivity contribution in [2.24, 2.45) is 5.18 Å². The molecule has 1 heterocycles. The highest BCUT2D eigenvalue weighted by Crippen LogP contribution is 2.37. The maximum absolute atomic E-state index is 14.3. The number of H-pyrrole nitrogens is 1. The van der Waals surface area contributed by atoms with Crippen molar-refractivity contribution in [2.75, 3.05) is 19.1 Å². The average molecular weight is 484 g/mol. The molecule has 36 heavy (non-hydrogen) atoms. The molecule has 0 spiro atoms. The molecule has 8 heteroatoms. The van der Waals surface area contributed by atoms with Crippen LogP contribution in [-0.4, -0.2) is 25.2 Å². The fourth-order valence-electron chi connectivity index (χ4n) is 3.91. The van der Waals surface area contributed by atoms with Crippen molar-refractivity contribution in [1.82, 2.24) is 4.90 Å². The number of nitrogens with one attached hydrogen (secondary N) is 1. The minimum absolute atomic E-state index is 0.0972. The van der Waals surface area contributed by atoms with Crippen molar-refractivity contribution in [3.8, 4) is 11.5 Å². The fraction of sp³-hybridized carbons (Fsp3) is 0.143. The maximum Gasteiger partial charge on any atom is 0.417 e. The van der Waals surface area contributed by atoms with Gasteiger partial charge in [-0.1, -0.05) is 60.7 Å². The van der Waals surface area contributed by atoms with Gasteiger partial charge >= 0.3 is 11.8 Å². The SMILES string of the molecule is COc1ccc(N(C(=O)N(Cc2ccccc2)Cc2ccccc2)c2[nH+]cccc2N=O)cc1OC. The molecule has 0 fully saturated rings. The largest absolute Gasteiger partial charge is 0.493 e. The zero-order valence-electron chi connectivity index (χ0n) is 20.1. The molecule has 0 saturated carbocycles. The van der Waals surface area contributed by atoms with Crippen molar-refractivity contribution in [1.29, 1.82) is 0 Å². The lowest BCUT2D eigenvalue weighted by atomic mass is 10.1. The third kappa shape index (κ3) is 5.50. The molecule has 2 amide bonds. The number of rotatable bonds is 9. The Labute approximate surface area is 209 Å². The lowest BCUT2D eigenvalue weighted by Gasteiger charge is -2.26. The number of aromatic nitrogens is 1. The summed E-state index contributed by atoms with van der Waals surface area (Å²) >= 11 is 0. The summed E-state index contributed by atoms with van der Waals surface area (Å²) in [5.41, 5.74) is 2.52. The van der Waals surface area contributed by atoms with E-state index in [2.05, 4.69) is 10.2 Å². The van der Waals surface area contributed by atoms with Crippen LogP contribution in [0.1, 0.15) is 11.1 Å². The second-order valence-electron chi connectivity index (χ2n) is 7.98. The molecule has 0 radical (unpaired) electrons. The predicted molar refractivity (Wildman–Crippen MR) is 138 cm³/mol. The summed E-state index contributed by atoms with van der Waals surface area (Å²) in [5, 5.41) is 3.15. The van der Waals surface area contributed by atoms with Gasteiger partial charge in [0.15, 0.2) is 17.2 Å². The molecular weight excluding hydrogens is 456 g/mol. The van der Waals surface area contributed by atoms with Gasteiger partial charge in [0.25, 0.3) is 0 Å². The number of nitrogens with zero attached hydrogens (tertiary/aromatic N) is 3. The molecule has 0 aliphatic heterocycles. The van der Waals surface area contributed by atoms with E-state index in [4.69, 9.17) is 9.47 Å². The second kappa shape index (κ2) is 11.6. The highest BCUT2D eigenvalue weighted by molar-refractivity contribution is 6.00. The molecule has 4 rings (SSSR count). The number of aromatic amines is 1. The van der Waals surface area contributed by atoms with Gasteiger partial charge in [0.2, 0.25) is 0 Å². The Morgan fingerprint density at radius 3 is 1.97 bits per heavy atom. The van der Waals surface area contributed by atoms with Gasteiger partial charge in [-0.25, -0.2) is 9.78 Å². The number of anilines is 2. The Morgan fingerprint density at radius 1 is 0.806 bits per heavy atom. The van der Waals surface area contributed by atoms with E-state index in [1.807, 2.05) is 60.7 Å². The number of nitroso groups, excluding NO2 is 1. The van der Waals surface area contributed by atoms with Crippen LogP contribution in [0.25, 0.3) is 0 Å². The Bertz CT molecular complexity index is 1270. The first-order valence-corrected chi connectivity index (χ1v) is 11.4. The van der Waals surface area contributed by atoms with Crippen molar-refractivity contribution in [3.05, 3.63) is 113 Å². The Hall–Kier alpha value is -4.72. The Morgan fingerprint density at radius 2 is 1.42 bits per heavy atom. The summed E-state index contributed by atoms with van der Waals surface area (Å²) in [4.78, 5) is 32.2. The van der Waals surface area contributed by atoms with Gasteiger partial charge in [-0.2, -0.15) is 0 Å². The van der Waals surface area contributed by atoms with Gasteiger partial charge < -0.3 is 9.47 Å². The van der Waals surface area contributed by atoms with Crippen LogP contribution in [0, 0.1) is 4.91 Å². The lowest BCUT2D eigenvalue weighted by Crippen LogP contribution is -2.42. The molecule has 182 valence electrons. The van der Waals surface area contributed by atoms with Crippen molar-refractivity contribution >= 4 is 23.2 Å². The predicted octanol–water partition coefficient (Wildman–Crippen LogP) is 5.88. The lowest BCUT2D eigenvalue weighted by molar-refractivity contribution is -0.361. The van der Waals surface area contributed by atoms with Crippen molar-refractivity contribution in [2.45, 2.75) is 13.1 Å². The van der Waals surface area contributed by atoms with E-state index >= 15 is 0 Å². The smallest absolute Gasteiger partial charge is 0.417 e. The first kappa shape index (κ1) is 24.4. The second-order valence-corrected chi connectivity index (χ2v) is 7.98. The summed E-state index contributed by atoms with van der Waals surface area (Å²) in [6.07, 6.45) is 1.64. The number of carbonyl (C=O) groups excluding carboxylic acids is 1. The van der Waals surface area contributed by atoms with Crippen molar-refractivity contribution < 1.29 is 19.3 Å². The van der Waals surface area contributed by atoms with E-state index in [-0.39, 0.29) is 17.5 Å². The summed E-state index contributed by atoms with van der Waals surface area (Å²) in [5.74, 6) is 1.21. The zero-order valence-corrected chi connectivity index (χ0v) is 20.1. The van der Waals surface area contributed by atoms with E-state index in [1.165, 1.54) is 12.0 Å². The quantitative estimate of drug-likeness (QED) is 0.278. The number of amides is 2. The highest BCUT2D eigenvalue weighted by Gasteiger charge is 2.35. The van der Waals surface area contributed by atoms with Crippen LogP contribution in [0.4, 0.5) is 22.0 Å². The molecule has 1 N–H and O–H groups in total. The molecule has 0 aliphatic carbocycles. The van der Waals surface area contributed by atoms with E-state index in [9.17, 15) is 9.70 Å². The number of pyridine rings is 1.